The van der Waals surface area contributed by atoms with E-state index in [4.69, 9.17) is 5.73 Å². The highest BCUT2D eigenvalue weighted by molar-refractivity contribution is 7.99. The van der Waals surface area contributed by atoms with Gasteiger partial charge in [-0.25, -0.2) is 0 Å². The number of nitrogens with zero attached hydrogens (tertiary/aromatic N) is 1. The van der Waals surface area contributed by atoms with Crippen LogP contribution in [0.5, 0.6) is 0 Å². The van der Waals surface area contributed by atoms with Crippen LogP contribution in [0.4, 0.5) is 0 Å². The van der Waals surface area contributed by atoms with Crippen molar-refractivity contribution < 1.29 is 0 Å². The van der Waals surface area contributed by atoms with Crippen LogP contribution in [0.2, 0.25) is 0 Å². The fraction of sp³-hybridized carbons (Fsp3) is 0.375. The van der Waals surface area contributed by atoms with Gasteiger partial charge in [0.1, 0.15) is 0 Å². The number of likely N-dealkylation sites (N-methyl/N-ethyl adjacent to an activating group) is 1. The SMILES string of the molecule is CN1CCSCC1C(N)c1cccc2ccccc12. The zero-order valence-electron chi connectivity index (χ0n) is 11.3. The van der Waals surface area contributed by atoms with Gasteiger partial charge in [0.15, 0.2) is 0 Å². The van der Waals surface area contributed by atoms with E-state index in [1.54, 1.807) is 0 Å². The highest BCUT2D eigenvalue weighted by atomic mass is 32.2. The lowest BCUT2D eigenvalue weighted by Gasteiger charge is -2.36. The van der Waals surface area contributed by atoms with E-state index in [-0.39, 0.29) is 6.04 Å². The average Bonchev–Trinajstić information content (AvgIpc) is 2.46. The highest BCUT2D eigenvalue weighted by Gasteiger charge is 2.27. The van der Waals surface area contributed by atoms with Crippen LogP contribution in [0.1, 0.15) is 11.6 Å². The molecule has 1 aliphatic rings. The first-order chi connectivity index (χ1) is 9.27. The zero-order valence-corrected chi connectivity index (χ0v) is 12.1. The summed E-state index contributed by atoms with van der Waals surface area (Å²) in [6, 6.07) is 15.5. The largest absolute Gasteiger partial charge is 0.323 e. The van der Waals surface area contributed by atoms with Crippen molar-refractivity contribution in [2.24, 2.45) is 5.73 Å². The van der Waals surface area contributed by atoms with Gasteiger partial charge in [-0.2, -0.15) is 11.8 Å². The molecule has 0 radical (unpaired) electrons. The van der Waals surface area contributed by atoms with Gasteiger partial charge in [-0.3, -0.25) is 4.90 Å². The number of fused-ring (bicyclic) bond motifs is 1. The summed E-state index contributed by atoms with van der Waals surface area (Å²) < 4.78 is 0. The number of benzene rings is 2. The second-order valence-corrected chi connectivity index (χ2v) is 6.37. The molecule has 19 heavy (non-hydrogen) atoms. The third kappa shape index (κ3) is 2.50. The lowest BCUT2D eigenvalue weighted by atomic mass is 9.94. The first-order valence-corrected chi connectivity index (χ1v) is 7.94. The lowest BCUT2D eigenvalue weighted by molar-refractivity contribution is 0.238. The van der Waals surface area contributed by atoms with Crippen molar-refractivity contribution in [2.75, 3.05) is 25.1 Å². The predicted molar refractivity (Wildman–Crippen MR) is 84.6 cm³/mol. The second-order valence-electron chi connectivity index (χ2n) is 5.22. The summed E-state index contributed by atoms with van der Waals surface area (Å²) in [5, 5.41) is 2.57. The summed E-state index contributed by atoms with van der Waals surface area (Å²) in [4.78, 5) is 2.41. The molecule has 1 saturated heterocycles. The monoisotopic (exact) mass is 272 g/mol. The maximum Gasteiger partial charge on any atom is 0.0467 e. The molecule has 0 bridgehead atoms. The van der Waals surface area contributed by atoms with Gasteiger partial charge in [-0.15, -0.1) is 0 Å². The fourth-order valence-electron chi connectivity index (χ4n) is 2.83. The molecule has 1 heterocycles. The van der Waals surface area contributed by atoms with Crippen LogP contribution in [-0.2, 0) is 0 Å². The maximum atomic E-state index is 6.57. The minimum atomic E-state index is 0.0869. The van der Waals surface area contributed by atoms with Crippen molar-refractivity contribution >= 4 is 22.5 Å². The summed E-state index contributed by atoms with van der Waals surface area (Å²) in [5.41, 5.74) is 7.85. The third-order valence-corrected chi connectivity index (χ3v) is 5.09. The van der Waals surface area contributed by atoms with Crippen molar-refractivity contribution in [1.29, 1.82) is 0 Å². The first kappa shape index (κ1) is 13.0. The topological polar surface area (TPSA) is 29.3 Å². The Morgan fingerprint density at radius 3 is 2.84 bits per heavy atom. The van der Waals surface area contributed by atoms with Crippen molar-refractivity contribution in [3.8, 4) is 0 Å². The highest BCUT2D eigenvalue weighted by Crippen LogP contribution is 2.29. The van der Waals surface area contributed by atoms with Crippen LogP contribution in [0, 0.1) is 0 Å². The van der Waals surface area contributed by atoms with Gasteiger partial charge in [0.05, 0.1) is 0 Å². The molecule has 1 fully saturated rings. The summed E-state index contributed by atoms with van der Waals surface area (Å²) in [6.07, 6.45) is 0. The molecule has 2 unspecified atom stereocenters. The van der Waals surface area contributed by atoms with Crippen LogP contribution >= 0.6 is 11.8 Å². The van der Waals surface area contributed by atoms with Crippen molar-refractivity contribution in [3.63, 3.8) is 0 Å². The summed E-state index contributed by atoms with van der Waals surface area (Å²) in [6.45, 7) is 1.13. The second kappa shape index (κ2) is 5.53. The van der Waals surface area contributed by atoms with E-state index in [0.29, 0.717) is 6.04 Å². The van der Waals surface area contributed by atoms with Crippen molar-refractivity contribution in [3.05, 3.63) is 48.0 Å². The summed E-state index contributed by atoms with van der Waals surface area (Å²) >= 11 is 2.01. The third-order valence-electron chi connectivity index (χ3n) is 4.04. The molecule has 2 N–H and O–H groups in total. The Kier molecular flexibility index (Phi) is 3.78. The van der Waals surface area contributed by atoms with Crippen molar-refractivity contribution in [2.45, 2.75) is 12.1 Å². The Balaban J connectivity index is 1.99. The van der Waals surface area contributed by atoms with E-state index in [1.807, 2.05) is 11.8 Å². The van der Waals surface area contributed by atoms with E-state index < -0.39 is 0 Å². The minimum absolute atomic E-state index is 0.0869. The van der Waals surface area contributed by atoms with Crippen LogP contribution < -0.4 is 5.73 Å². The van der Waals surface area contributed by atoms with Crippen molar-refractivity contribution in [1.82, 2.24) is 4.90 Å². The molecule has 1 aliphatic heterocycles. The van der Waals surface area contributed by atoms with Gasteiger partial charge in [-0.1, -0.05) is 42.5 Å². The maximum absolute atomic E-state index is 6.57. The van der Waals surface area contributed by atoms with Gasteiger partial charge >= 0.3 is 0 Å². The number of nitrogens with two attached hydrogens (primary N) is 1. The quantitative estimate of drug-likeness (QED) is 0.911. The first-order valence-electron chi connectivity index (χ1n) is 6.78. The normalized spacial score (nSPS) is 22.5. The molecule has 0 spiro atoms. The summed E-state index contributed by atoms with van der Waals surface area (Å²) in [7, 11) is 2.19. The Morgan fingerprint density at radius 2 is 2.00 bits per heavy atom. The van der Waals surface area contributed by atoms with E-state index in [2.05, 4.69) is 54.4 Å². The number of hydrogen-bond acceptors (Lipinski definition) is 3. The van der Waals surface area contributed by atoms with Crippen LogP contribution in [0.15, 0.2) is 42.5 Å². The predicted octanol–water partition coefficient (Wildman–Crippen LogP) is 2.89. The molecule has 3 heteroatoms. The molecule has 2 nitrogen and oxygen atoms in total. The smallest absolute Gasteiger partial charge is 0.0467 e. The number of thioether (sulfide) groups is 1. The molecule has 0 aromatic heterocycles. The average molecular weight is 272 g/mol. The van der Waals surface area contributed by atoms with Gasteiger partial charge in [0.2, 0.25) is 0 Å². The molecular weight excluding hydrogens is 252 g/mol. The van der Waals surface area contributed by atoms with E-state index in [9.17, 15) is 0 Å². The molecular formula is C16H20N2S. The van der Waals surface area contributed by atoms with Crippen LogP contribution in [0.25, 0.3) is 10.8 Å². The Labute approximate surface area is 119 Å². The lowest BCUT2D eigenvalue weighted by Crippen LogP contribution is -2.46. The van der Waals surface area contributed by atoms with Gasteiger partial charge in [0, 0.05) is 30.1 Å². The molecule has 0 aliphatic carbocycles. The zero-order chi connectivity index (χ0) is 13.2. The fourth-order valence-corrected chi connectivity index (χ4v) is 4.12. The molecule has 0 saturated carbocycles. The molecule has 0 amide bonds. The van der Waals surface area contributed by atoms with Gasteiger partial charge < -0.3 is 5.73 Å². The molecule has 2 aromatic rings. The molecule has 2 aromatic carbocycles. The van der Waals surface area contributed by atoms with E-state index >= 15 is 0 Å². The van der Waals surface area contributed by atoms with Crippen LogP contribution in [-0.4, -0.2) is 36.0 Å². The van der Waals surface area contributed by atoms with E-state index in [1.165, 1.54) is 22.1 Å². The molecule has 3 rings (SSSR count). The Morgan fingerprint density at radius 1 is 1.21 bits per heavy atom. The standard InChI is InChI=1S/C16H20N2S/c1-18-9-10-19-11-15(18)16(17)14-8-4-6-12-5-2-3-7-13(12)14/h2-8,15-16H,9-11,17H2,1H3. The molecule has 100 valence electrons. The van der Waals surface area contributed by atoms with Gasteiger partial charge in [0.25, 0.3) is 0 Å². The molecule has 2 atom stereocenters. The Bertz CT molecular complexity index is 564. The number of hydrogen-bond donors (Lipinski definition) is 1. The van der Waals surface area contributed by atoms with Gasteiger partial charge in [-0.05, 0) is 23.4 Å². The van der Waals surface area contributed by atoms with Crippen LogP contribution in [0.3, 0.4) is 0 Å². The van der Waals surface area contributed by atoms with E-state index in [0.717, 1.165) is 12.3 Å². The minimum Gasteiger partial charge on any atom is -0.323 e. The Hall–Kier alpha value is -1.03. The summed E-state index contributed by atoms with van der Waals surface area (Å²) in [5.74, 6) is 2.34. The number of rotatable bonds is 2.